The summed E-state index contributed by atoms with van der Waals surface area (Å²) in [7, 11) is 0. The molecule has 0 unspecified atom stereocenters. The van der Waals surface area contributed by atoms with Gasteiger partial charge in [0.2, 0.25) is 0 Å². The second kappa shape index (κ2) is 10.4. The Morgan fingerprint density at radius 1 is 1.05 bits per heavy atom. The minimum Gasteiger partial charge on any atom is -0.478 e. The van der Waals surface area contributed by atoms with Gasteiger partial charge in [0.05, 0.1) is 11.1 Å². The van der Waals surface area contributed by atoms with E-state index in [0.29, 0.717) is 0 Å². The molecule has 0 saturated carbocycles. The molecule has 0 fully saturated rings. The molecule has 0 bridgehead atoms. The SMILES string of the molecule is CCCCCCBr.Cc1c(C(=O)O)cccc1C(=O)O. The van der Waals surface area contributed by atoms with Crippen LogP contribution in [-0.2, 0) is 0 Å². The van der Waals surface area contributed by atoms with Gasteiger partial charge < -0.3 is 10.2 Å². The molecular formula is C15H21BrO4. The number of benzene rings is 1. The predicted octanol–water partition coefficient (Wildman–Crippen LogP) is 4.35. The summed E-state index contributed by atoms with van der Waals surface area (Å²) in [6.07, 6.45) is 5.47. The number of alkyl halides is 1. The van der Waals surface area contributed by atoms with E-state index in [2.05, 4.69) is 22.9 Å². The van der Waals surface area contributed by atoms with Crippen LogP contribution in [0.25, 0.3) is 0 Å². The molecule has 112 valence electrons. The lowest BCUT2D eigenvalue weighted by atomic mass is 10.0. The van der Waals surface area contributed by atoms with E-state index in [4.69, 9.17) is 10.2 Å². The van der Waals surface area contributed by atoms with Gasteiger partial charge in [-0.25, -0.2) is 9.59 Å². The summed E-state index contributed by atoms with van der Waals surface area (Å²) in [5.41, 5.74) is 0.335. The first-order chi connectivity index (χ1) is 9.45. The molecule has 1 aromatic carbocycles. The monoisotopic (exact) mass is 344 g/mol. The quantitative estimate of drug-likeness (QED) is 0.594. The van der Waals surface area contributed by atoms with Crippen LogP contribution in [0.4, 0.5) is 0 Å². The van der Waals surface area contributed by atoms with E-state index in [0.717, 1.165) is 0 Å². The number of hydrogen-bond acceptors (Lipinski definition) is 2. The molecule has 0 radical (unpaired) electrons. The molecule has 0 atom stereocenters. The second-order valence-corrected chi connectivity index (χ2v) is 5.13. The number of carbonyl (C=O) groups is 2. The van der Waals surface area contributed by atoms with Crippen molar-refractivity contribution in [3.05, 3.63) is 34.9 Å². The molecule has 1 rings (SSSR count). The Bertz CT molecular complexity index is 407. The Morgan fingerprint density at radius 3 is 1.90 bits per heavy atom. The Morgan fingerprint density at radius 2 is 1.55 bits per heavy atom. The van der Waals surface area contributed by atoms with Crippen LogP contribution < -0.4 is 0 Å². The zero-order valence-electron chi connectivity index (χ0n) is 11.9. The summed E-state index contributed by atoms with van der Waals surface area (Å²) < 4.78 is 0. The van der Waals surface area contributed by atoms with E-state index in [1.165, 1.54) is 56.1 Å². The third-order valence-corrected chi connectivity index (χ3v) is 3.34. The van der Waals surface area contributed by atoms with Gasteiger partial charge in [0.25, 0.3) is 0 Å². The molecule has 0 amide bonds. The normalized spacial score (nSPS) is 9.55. The van der Waals surface area contributed by atoms with E-state index >= 15 is 0 Å². The number of carboxylic acids is 2. The van der Waals surface area contributed by atoms with Gasteiger partial charge in [-0.15, -0.1) is 0 Å². The molecule has 0 aliphatic rings. The number of carboxylic acid groups (broad SMARTS) is 2. The molecule has 0 aliphatic heterocycles. The van der Waals surface area contributed by atoms with Crippen molar-refractivity contribution in [1.29, 1.82) is 0 Å². The fourth-order valence-corrected chi connectivity index (χ4v) is 2.02. The highest BCUT2D eigenvalue weighted by molar-refractivity contribution is 9.09. The van der Waals surface area contributed by atoms with Crippen LogP contribution in [0.3, 0.4) is 0 Å². The molecule has 5 heteroatoms. The maximum atomic E-state index is 10.6. The van der Waals surface area contributed by atoms with E-state index in [-0.39, 0.29) is 16.7 Å². The van der Waals surface area contributed by atoms with Gasteiger partial charge in [-0.1, -0.05) is 48.2 Å². The Labute approximate surface area is 128 Å². The Hall–Kier alpha value is -1.36. The van der Waals surface area contributed by atoms with Gasteiger partial charge in [-0.2, -0.15) is 0 Å². The van der Waals surface area contributed by atoms with Crippen molar-refractivity contribution in [3.63, 3.8) is 0 Å². The molecule has 1 aromatic rings. The number of aromatic carboxylic acids is 2. The summed E-state index contributed by atoms with van der Waals surface area (Å²) >= 11 is 3.38. The lowest BCUT2D eigenvalue weighted by Crippen LogP contribution is -2.06. The smallest absolute Gasteiger partial charge is 0.335 e. The molecule has 0 heterocycles. The van der Waals surface area contributed by atoms with Crippen LogP contribution in [0.5, 0.6) is 0 Å². The highest BCUT2D eigenvalue weighted by Crippen LogP contribution is 2.13. The van der Waals surface area contributed by atoms with Crippen molar-refractivity contribution in [1.82, 2.24) is 0 Å². The summed E-state index contributed by atoms with van der Waals surface area (Å²) in [4.78, 5) is 21.2. The topological polar surface area (TPSA) is 74.6 Å². The fourth-order valence-electron chi connectivity index (χ4n) is 1.62. The van der Waals surface area contributed by atoms with E-state index in [9.17, 15) is 9.59 Å². The second-order valence-electron chi connectivity index (χ2n) is 4.34. The van der Waals surface area contributed by atoms with E-state index < -0.39 is 11.9 Å². The predicted molar refractivity (Wildman–Crippen MR) is 83.0 cm³/mol. The van der Waals surface area contributed by atoms with E-state index in [1.54, 1.807) is 0 Å². The molecule has 0 aliphatic carbocycles. The first-order valence-electron chi connectivity index (χ1n) is 6.57. The summed E-state index contributed by atoms with van der Waals surface area (Å²) in [6.45, 7) is 3.71. The average Bonchev–Trinajstić information content (AvgIpc) is 2.39. The summed E-state index contributed by atoms with van der Waals surface area (Å²) in [5, 5.41) is 18.5. The number of unbranched alkanes of at least 4 members (excludes halogenated alkanes) is 3. The third-order valence-electron chi connectivity index (χ3n) is 2.78. The molecule has 2 N–H and O–H groups in total. The third kappa shape index (κ3) is 6.70. The molecule has 0 saturated heterocycles. The van der Waals surface area contributed by atoms with Crippen molar-refractivity contribution in [2.75, 3.05) is 5.33 Å². The Balaban J connectivity index is 0.000000441. The van der Waals surface area contributed by atoms with Crippen molar-refractivity contribution in [3.8, 4) is 0 Å². The fraction of sp³-hybridized carbons (Fsp3) is 0.467. The number of rotatable bonds is 6. The van der Waals surface area contributed by atoms with Crippen LogP contribution in [0.2, 0.25) is 0 Å². The van der Waals surface area contributed by atoms with Crippen LogP contribution in [0, 0.1) is 6.92 Å². The zero-order chi connectivity index (χ0) is 15.5. The minimum absolute atomic E-state index is 0.0277. The molecule has 0 spiro atoms. The summed E-state index contributed by atoms with van der Waals surface area (Å²) in [5.74, 6) is -2.22. The highest BCUT2D eigenvalue weighted by Gasteiger charge is 2.13. The number of hydrogen-bond donors (Lipinski definition) is 2. The first kappa shape index (κ1) is 18.6. The van der Waals surface area contributed by atoms with Crippen LogP contribution >= 0.6 is 15.9 Å². The molecule has 4 nitrogen and oxygen atoms in total. The van der Waals surface area contributed by atoms with Gasteiger partial charge in [0, 0.05) is 5.33 Å². The first-order valence-corrected chi connectivity index (χ1v) is 7.70. The lowest BCUT2D eigenvalue weighted by molar-refractivity contribution is 0.0696. The van der Waals surface area contributed by atoms with Crippen LogP contribution in [0.1, 0.15) is 58.9 Å². The van der Waals surface area contributed by atoms with Gasteiger partial charge in [0.15, 0.2) is 0 Å². The van der Waals surface area contributed by atoms with Gasteiger partial charge in [-0.3, -0.25) is 0 Å². The molecule has 20 heavy (non-hydrogen) atoms. The van der Waals surface area contributed by atoms with Crippen molar-refractivity contribution < 1.29 is 19.8 Å². The van der Waals surface area contributed by atoms with E-state index in [1.807, 2.05) is 0 Å². The zero-order valence-corrected chi connectivity index (χ0v) is 13.4. The van der Waals surface area contributed by atoms with Crippen LogP contribution in [0.15, 0.2) is 18.2 Å². The number of halogens is 1. The van der Waals surface area contributed by atoms with Gasteiger partial charge in [-0.05, 0) is 31.0 Å². The molecular weight excluding hydrogens is 324 g/mol. The highest BCUT2D eigenvalue weighted by atomic mass is 79.9. The molecule has 0 aromatic heterocycles. The average molecular weight is 345 g/mol. The standard InChI is InChI=1S/C9H8O4.C6H13Br/c1-5-6(8(10)11)3-2-4-7(5)9(12)13;1-2-3-4-5-6-7/h2-4H,1H3,(H,10,11)(H,12,13);2-6H2,1H3. The maximum Gasteiger partial charge on any atom is 0.335 e. The van der Waals surface area contributed by atoms with Gasteiger partial charge >= 0.3 is 11.9 Å². The maximum absolute atomic E-state index is 10.6. The summed E-state index contributed by atoms with van der Waals surface area (Å²) in [6, 6.07) is 4.17. The lowest BCUT2D eigenvalue weighted by Gasteiger charge is -2.03. The minimum atomic E-state index is -1.11. The van der Waals surface area contributed by atoms with Gasteiger partial charge in [0.1, 0.15) is 0 Å². The Kier molecular flexibility index (Phi) is 9.72. The largest absolute Gasteiger partial charge is 0.478 e. The van der Waals surface area contributed by atoms with Crippen molar-refractivity contribution >= 4 is 27.9 Å². The van der Waals surface area contributed by atoms with Crippen LogP contribution in [-0.4, -0.2) is 27.5 Å². The van der Waals surface area contributed by atoms with Crippen molar-refractivity contribution in [2.45, 2.75) is 39.5 Å². The van der Waals surface area contributed by atoms with Crippen molar-refractivity contribution in [2.24, 2.45) is 0 Å².